The van der Waals surface area contributed by atoms with Gasteiger partial charge in [-0.25, -0.2) is 0 Å². The lowest BCUT2D eigenvalue weighted by atomic mass is 10.0. The van der Waals surface area contributed by atoms with Crippen molar-refractivity contribution in [2.24, 2.45) is 0 Å². The first-order chi connectivity index (χ1) is 8.58. The summed E-state index contributed by atoms with van der Waals surface area (Å²) in [6.45, 7) is 4.39. The third-order valence-electron chi connectivity index (χ3n) is 2.65. The van der Waals surface area contributed by atoms with Crippen LogP contribution < -0.4 is 5.73 Å². The van der Waals surface area contributed by atoms with Gasteiger partial charge in [0.15, 0.2) is 0 Å². The van der Waals surface area contributed by atoms with Crippen LogP contribution in [0.5, 0.6) is 0 Å². The highest BCUT2D eigenvalue weighted by Crippen LogP contribution is 2.37. The summed E-state index contributed by atoms with van der Waals surface area (Å²) in [5, 5.41) is 0. The summed E-state index contributed by atoms with van der Waals surface area (Å²) in [7, 11) is 0. The molecule has 4 heteroatoms. The smallest absolute Gasteiger partial charge is 0.0653 e. The van der Waals surface area contributed by atoms with Crippen molar-refractivity contribution in [3.63, 3.8) is 0 Å². The van der Waals surface area contributed by atoms with Gasteiger partial charge in [-0.15, -0.1) is 0 Å². The van der Waals surface area contributed by atoms with Gasteiger partial charge in [-0.3, -0.25) is 4.98 Å². The predicted molar refractivity (Wildman–Crippen MR) is 81.0 cm³/mol. The molecule has 2 aromatic rings. The molecule has 2 rings (SSSR count). The fourth-order valence-corrected chi connectivity index (χ4v) is 3.00. The van der Waals surface area contributed by atoms with Crippen LogP contribution in [-0.4, -0.2) is 4.98 Å². The van der Waals surface area contributed by atoms with Crippen LogP contribution in [0.4, 0.5) is 5.69 Å². The Morgan fingerprint density at radius 3 is 2.39 bits per heavy atom. The molecule has 0 aliphatic carbocycles. The molecule has 0 aliphatic heterocycles. The molecule has 1 heterocycles. The fraction of sp³-hybridized carbons (Fsp3) is 0.214. The van der Waals surface area contributed by atoms with E-state index in [0.717, 1.165) is 9.37 Å². The summed E-state index contributed by atoms with van der Waals surface area (Å²) < 4.78 is 0.931. The van der Waals surface area contributed by atoms with Crippen molar-refractivity contribution < 1.29 is 0 Å². The summed E-state index contributed by atoms with van der Waals surface area (Å²) in [6, 6.07) is 8.59. The summed E-state index contributed by atoms with van der Waals surface area (Å²) in [4.78, 5) is 6.23. The Morgan fingerprint density at radius 1 is 1.17 bits per heavy atom. The number of hydrogen-bond acceptors (Lipinski definition) is 3. The van der Waals surface area contributed by atoms with E-state index in [1.54, 1.807) is 24.2 Å². The molecule has 0 atom stereocenters. The second kappa shape index (κ2) is 5.76. The predicted octanol–water partition coefficient (Wildman–Crippen LogP) is 4.70. The van der Waals surface area contributed by atoms with Crippen LogP contribution in [0, 0.1) is 0 Å². The lowest BCUT2D eigenvalue weighted by Gasteiger charge is -2.09. The molecule has 1 aromatic heterocycles. The Labute approximate surface area is 120 Å². The van der Waals surface area contributed by atoms with Crippen molar-refractivity contribution >= 4 is 33.4 Å². The van der Waals surface area contributed by atoms with Gasteiger partial charge < -0.3 is 5.73 Å². The van der Waals surface area contributed by atoms with E-state index in [9.17, 15) is 0 Å². The zero-order valence-electron chi connectivity index (χ0n) is 10.4. The van der Waals surface area contributed by atoms with Crippen molar-refractivity contribution in [3.05, 3.63) is 46.7 Å². The molecule has 2 nitrogen and oxygen atoms in total. The van der Waals surface area contributed by atoms with Crippen LogP contribution in [0.2, 0.25) is 0 Å². The molecule has 1 aromatic carbocycles. The van der Waals surface area contributed by atoms with Crippen LogP contribution >= 0.6 is 27.7 Å². The minimum atomic E-state index is 0.557. The van der Waals surface area contributed by atoms with Crippen molar-refractivity contribution in [3.8, 4) is 0 Å². The molecule has 0 radical (unpaired) electrons. The van der Waals surface area contributed by atoms with Crippen molar-refractivity contribution in [2.75, 3.05) is 5.73 Å². The van der Waals surface area contributed by atoms with Gasteiger partial charge in [0, 0.05) is 11.1 Å². The zero-order chi connectivity index (χ0) is 13.1. The first-order valence-corrected chi connectivity index (χ1v) is 7.35. The molecule has 94 valence electrons. The summed E-state index contributed by atoms with van der Waals surface area (Å²) >= 11 is 5.13. The van der Waals surface area contributed by atoms with E-state index in [4.69, 9.17) is 5.73 Å². The summed E-state index contributed by atoms with van der Waals surface area (Å²) in [5.74, 6) is 0.557. The van der Waals surface area contributed by atoms with Crippen molar-refractivity contribution in [1.29, 1.82) is 0 Å². The number of hydrogen-bond donors (Lipinski definition) is 1. The highest BCUT2D eigenvalue weighted by Gasteiger charge is 2.07. The van der Waals surface area contributed by atoms with E-state index in [1.807, 2.05) is 0 Å². The van der Waals surface area contributed by atoms with E-state index < -0.39 is 0 Å². The van der Waals surface area contributed by atoms with Gasteiger partial charge in [0.1, 0.15) is 0 Å². The first-order valence-electron chi connectivity index (χ1n) is 5.74. The molecule has 2 N–H and O–H groups in total. The summed E-state index contributed by atoms with van der Waals surface area (Å²) in [6.07, 6.45) is 3.44. The van der Waals surface area contributed by atoms with Gasteiger partial charge in [0.25, 0.3) is 0 Å². The third kappa shape index (κ3) is 3.06. The normalized spacial score (nSPS) is 10.9. The molecule has 18 heavy (non-hydrogen) atoms. The van der Waals surface area contributed by atoms with Crippen LogP contribution in [0.3, 0.4) is 0 Å². The Balaban J connectivity index is 2.24. The van der Waals surface area contributed by atoms with Crippen molar-refractivity contribution in [1.82, 2.24) is 4.98 Å². The van der Waals surface area contributed by atoms with Crippen LogP contribution in [0.1, 0.15) is 25.3 Å². The monoisotopic (exact) mass is 322 g/mol. The molecule has 0 aliphatic rings. The number of pyridine rings is 1. The highest BCUT2D eigenvalue weighted by molar-refractivity contribution is 9.10. The topological polar surface area (TPSA) is 38.9 Å². The molecular formula is C14H15BrN2S. The quantitative estimate of drug-likeness (QED) is 0.890. The largest absolute Gasteiger partial charge is 0.397 e. The molecule has 0 saturated carbocycles. The average Bonchev–Trinajstić information content (AvgIpc) is 2.34. The van der Waals surface area contributed by atoms with E-state index >= 15 is 0 Å². The molecular weight excluding hydrogens is 308 g/mol. The maximum absolute atomic E-state index is 5.93. The van der Waals surface area contributed by atoms with Gasteiger partial charge in [0.05, 0.1) is 21.3 Å². The minimum Gasteiger partial charge on any atom is -0.397 e. The van der Waals surface area contributed by atoms with Gasteiger partial charge in [0.2, 0.25) is 0 Å². The van der Waals surface area contributed by atoms with Gasteiger partial charge >= 0.3 is 0 Å². The van der Waals surface area contributed by atoms with Crippen LogP contribution in [0.15, 0.2) is 50.9 Å². The molecule has 0 fully saturated rings. The SMILES string of the molecule is CC(C)c1ccc(Sc2c(N)cncc2Br)cc1. The Kier molecular flexibility index (Phi) is 4.30. The molecule has 0 unspecified atom stereocenters. The number of rotatable bonds is 3. The van der Waals surface area contributed by atoms with Crippen LogP contribution in [-0.2, 0) is 0 Å². The summed E-state index contributed by atoms with van der Waals surface area (Å²) in [5.41, 5.74) is 7.98. The van der Waals surface area contributed by atoms with Crippen molar-refractivity contribution in [2.45, 2.75) is 29.6 Å². The van der Waals surface area contributed by atoms with E-state index in [0.29, 0.717) is 11.6 Å². The van der Waals surface area contributed by atoms with E-state index in [2.05, 4.69) is 59.0 Å². The molecule has 0 amide bonds. The fourth-order valence-electron chi connectivity index (χ4n) is 1.58. The third-order valence-corrected chi connectivity index (χ3v) is 4.68. The Morgan fingerprint density at radius 2 is 1.83 bits per heavy atom. The van der Waals surface area contributed by atoms with E-state index in [1.165, 1.54) is 10.5 Å². The van der Waals surface area contributed by atoms with E-state index in [-0.39, 0.29) is 0 Å². The van der Waals surface area contributed by atoms with Gasteiger partial charge in [-0.05, 0) is 39.5 Å². The maximum atomic E-state index is 5.93. The number of anilines is 1. The molecule has 0 saturated heterocycles. The Hall–Kier alpha value is -1.00. The van der Waals surface area contributed by atoms with Gasteiger partial charge in [-0.1, -0.05) is 37.7 Å². The zero-order valence-corrected chi connectivity index (χ0v) is 12.8. The first kappa shape index (κ1) is 13.4. The number of aromatic nitrogens is 1. The maximum Gasteiger partial charge on any atom is 0.0653 e. The number of benzene rings is 1. The molecule has 0 bridgehead atoms. The average molecular weight is 323 g/mol. The van der Waals surface area contributed by atoms with Crippen LogP contribution in [0.25, 0.3) is 0 Å². The standard InChI is InChI=1S/C14H15BrN2S/c1-9(2)10-3-5-11(6-4-10)18-14-12(15)7-17-8-13(14)16/h3-9H,16H2,1-2H3. The number of nitrogen functional groups attached to an aromatic ring is 1. The number of nitrogens with zero attached hydrogens (tertiary/aromatic N) is 1. The molecule has 0 spiro atoms. The second-order valence-electron chi connectivity index (χ2n) is 4.37. The number of nitrogens with two attached hydrogens (primary N) is 1. The number of halogens is 1. The lowest BCUT2D eigenvalue weighted by molar-refractivity contribution is 0.865. The van der Waals surface area contributed by atoms with Gasteiger partial charge in [-0.2, -0.15) is 0 Å². The Bertz CT molecular complexity index is 518. The minimum absolute atomic E-state index is 0.557. The highest BCUT2D eigenvalue weighted by atomic mass is 79.9. The second-order valence-corrected chi connectivity index (χ2v) is 6.30. The lowest BCUT2D eigenvalue weighted by Crippen LogP contribution is -1.91.